The van der Waals surface area contributed by atoms with Crippen molar-refractivity contribution in [1.82, 2.24) is 15.0 Å². The third-order valence-corrected chi connectivity index (χ3v) is 2.50. The molecule has 0 spiro atoms. The first-order valence-electron chi connectivity index (χ1n) is 6.06. The Morgan fingerprint density at radius 1 is 1.22 bits per heavy atom. The van der Waals surface area contributed by atoms with Gasteiger partial charge < -0.3 is 9.84 Å². The standard InChI is InChI=1S/C13H17N3O2/c17-9-7-12-11-16(15-14-12)8-4-10-18-13-5-2-1-3-6-13/h1-3,5-6,11,17H,4,7-10H2. The molecule has 1 N–H and O–H groups in total. The molecule has 0 atom stereocenters. The van der Waals surface area contributed by atoms with Crippen LogP contribution >= 0.6 is 0 Å². The number of rotatable bonds is 7. The molecule has 1 heterocycles. The fraction of sp³-hybridized carbons (Fsp3) is 0.385. The number of hydrogen-bond donors (Lipinski definition) is 1. The fourth-order valence-corrected chi connectivity index (χ4v) is 1.61. The molecule has 0 aliphatic carbocycles. The predicted octanol–water partition coefficient (Wildman–Crippen LogP) is 1.28. The maximum atomic E-state index is 8.77. The van der Waals surface area contributed by atoms with E-state index in [4.69, 9.17) is 9.84 Å². The third kappa shape index (κ3) is 3.85. The number of hydrogen-bond acceptors (Lipinski definition) is 4. The minimum absolute atomic E-state index is 0.107. The monoisotopic (exact) mass is 247 g/mol. The van der Waals surface area contributed by atoms with Crippen molar-refractivity contribution in [2.75, 3.05) is 13.2 Å². The molecule has 96 valence electrons. The highest BCUT2D eigenvalue weighted by atomic mass is 16.5. The molecule has 0 unspecified atom stereocenters. The minimum atomic E-state index is 0.107. The van der Waals surface area contributed by atoms with Gasteiger partial charge >= 0.3 is 0 Å². The Hall–Kier alpha value is -1.88. The summed E-state index contributed by atoms with van der Waals surface area (Å²) in [6.45, 7) is 1.53. The highest BCUT2D eigenvalue weighted by molar-refractivity contribution is 5.20. The van der Waals surface area contributed by atoms with Crippen molar-refractivity contribution in [3.05, 3.63) is 42.2 Å². The Bertz CT molecular complexity index is 456. The van der Waals surface area contributed by atoms with Gasteiger partial charge in [-0.15, -0.1) is 5.10 Å². The smallest absolute Gasteiger partial charge is 0.119 e. The van der Waals surface area contributed by atoms with Crippen molar-refractivity contribution in [2.24, 2.45) is 0 Å². The Labute approximate surface area is 106 Å². The number of aliphatic hydroxyl groups is 1. The van der Waals surface area contributed by atoms with E-state index in [1.807, 2.05) is 36.5 Å². The predicted molar refractivity (Wildman–Crippen MR) is 67.4 cm³/mol. The van der Waals surface area contributed by atoms with Crippen molar-refractivity contribution < 1.29 is 9.84 Å². The third-order valence-electron chi connectivity index (χ3n) is 2.50. The van der Waals surface area contributed by atoms with E-state index in [0.29, 0.717) is 13.0 Å². The van der Waals surface area contributed by atoms with Crippen molar-refractivity contribution in [2.45, 2.75) is 19.4 Å². The second-order valence-corrected chi connectivity index (χ2v) is 3.96. The summed E-state index contributed by atoms with van der Waals surface area (Å²) in [5.74, 6) is 0.886. The Morgan fingerprint density at radius 3 is 2.83 bits per heavy atom. The Morgan fingerprint density at radius 2 is 2.06 bits per heavy atom. The fourth-order valence-electron chi connectivity index (χ4n) is 1.61. The lowest BCUT2D eigenvalue weighted by molar-refractivity contribution is 0.297. The van der Waals surface area contributed by atoms with Crippen molar-refractivity contribution >= 4 is 0 Å². The molecule has 0 aliphatic rings. The van der Waals surface area contributed by atoms with Gasteiger partial charge in [-0.1, -0.05) is 23.4 Å². The van der Waals surface area contributed by atoms with Crippen molar-refractivity contribution in [1.29, 1.82) is 0 Å². The van der Waals surface area contributed by atoms with Crippen LogP contribution in [0, 0.1) is 0 Å². The first-order chi connectivity index (χ1) is 8.88. The molecule has 5 nitrogen and oxygen atoms in total. The van der Waals surface area contributed by atoms with Crippen molar-refractivity contribution in [3.63, 3.8) is 0 Å². The van der Waals surface area contributed by atoms with Crippen LogP contribution in [-0.4, -0.2) is 33.3 Å². The zero-order chi connectivity index (χ0) is 12.6. The van der Waals surface area contributed by atoms with Gasteiger partial charge in [0.05, 0.1) is 12.3 Å². The first kappa shape index (κ1) is 12.6. The van der Waals surface area contributed by atoms with Crippen LogP contribution in [-0.2, 0) is 13.0 Å². The van der Waals surface area contributed by atoms with E-state index >= 15 is 0 Å². The molecular formula is C13H17N3O2. The zero-order valence-electron chi connectivity index (χ0n) is 10.2. The summed E-state index contributed by atoms with van der Waals surface area (Å²) in [4.78, 5) is 0. The van der Waals surface area contributed by atoms with Gasteiger partial charge in [0.1, 0.15) is 5.75 Å². The molecule has 0 fully saturated rings. The summed E-state index contributed by atoms with van der Waals surface area (Å²) in [6, 6.07) is 9.75. The SMILES string of the molecule is OCCc1cn(CCCOc2ccccc2)nn1. The van der Waals surface area contributed by atoms with E-state index in [1.165, 1.54) is 0 Å². The average Bonchev–Trinajstić information content (AvgIpc) is 2.84. The van der Waals surface area contributed by atoms with E-state index < -0.39 is 0 Å². The molecule has 0 amide bonds. The molecule has 0 bridgehead atoms. The van der Waals surface area contributed by atoms with Gasteiger partial charge in [-0.3, -0.25) is 4.68 Å². The maximum absolute atomic E-state index is 8.77. The average molecular weight is 247 g/mol. The van der Waals surface area contributed by atoms with Gasteiger partial charge in [0.25, 0.3) is 0 Å². The van der Waals surface area contributed by atoms with Crippen LogP contribution in [0.2, 0.25) is 0 Å². The van der Waals surface area contributed by atoms with Gasteiger partial charge in [0, 0.05) is 32.2 Å². The van der Waals surface area contributed by atoms with E-state index in [1.54, 1.807) is 4.68 Å². The van der Waals surface area contributed by atoms with Gasteiger partial charge in [-0.25, -0.2) is 0 Å². The summed E-state index contributed by atoms with van der Waals surface area (Å²) < 4.78 is 7.36. The largest absolute Gasteiger partial charge is 0.494 e. The molecule has 5 heteroatoms. The van der Waals surface area contributed by atoms with E-state index in [2.05, 4.69) is 10.3 Å². The minimum Gasteiger partial charge on any atom is -0.494 e. The van der Waals surface area contributed by atoms with E-state index in [0.717, 1.165) is 24.4 Å². The molecule has 0 saturated heterocycles. The molecule has 2 aromatic rings. The van der Waals surface area contributed by atoms with Gasteiger partial charge in [-0.05, 0) is 12.1 Å². The van der Waals surface area contributed by atoms with Crippen LogP contribution in [0.4, 0.5) is 0 Å². The van der Waals surface area contributed by atoms with Crippen LogP contribution in [0.5, 0.6) is 5.75 Å². The lowest BCUT2D eigenvalue weighted by Gasteiger charge is -2.05. The van der Waals surface area contributed by atoms with Gasteiger partial charge in [-0.2, -0.15) is 0 Å². The number of ether oxygens (including phenoxy) is 1. The number of aromatic nitrogens is 3. The first-order valence-corrected chi connectivity index (χ1v) is 6.06. The number of aryl methyl sites for hydroxylation is 1. The normalized spacial score (nSPS) is 10.5. The van der Waals surface area contributed by atoms with Crippen molar-refractivity contribution in [3.8, 4) is 5.75 Å². The quantitative estimate of drug-likeness (QED) is 0.749. The molecule has 1 aromatic carbocycles. The number of nitrogens with zero attached hydrogens (tertiary/aromatic N) is 3. The molecule has 2 rings (SSSR count). The van der Waals surface area contributed by atoms with Crippen LogP contribution in [0.15, 0.2) is 36.5 Å². The summed E-state index contributed by atoms with van der Waals surface area (Å²) in [5, 5.41) is 16.7. The summed E-state index contributed by atoms with van der Waals surface area (Å²) >= 11 is 0. The molecule has 0 aliphatic heterocycles. The lowest BCUT2D eigenvalue weighted by Crippen LogP contribution is -2.05. The highest BCUT2D eigenvalue weighted by Gasteiger charge is 1.99. The van der Waals surface area contributed by atoms with E-state index in [9.17, 15) is 0 Å². The maximum Gasteiger partial charge on any atom is 0.119 e. The van der Waals surface area contributed by atoms with Crippen LogP contribution < -0.4 is 4.74 Å². The van der Waals surface area contributed by atoms with E-state index in [-0.39, 0.29) is 6.61 Å². The Kier molecular flexibility index (Phi) is 4.72. The summed E-state index contributed by atoms with van der Waals surface area (Å²) in [5.41, 5.74) is 0.821. The molecular weight excluding hydrogens is 230 g/mol. The second-order valence-electron chi connectivity index (χ2n) is 3.96. The van der Waals surface area contributed by atoms with Crippen LogP contribution in [0.1, 0.15) is 12.1 Å². The van der Waals surface area contributed by atoms with Crippen LogP contribution in [0.25, 0.3) is 0 Å². The summed E-state index contributed by atoms with van der Waals surface area (Å²) in [6.07, 6.45) is 3.29. The molecule has 0 radical (unpaired) electrons. The van der Waals surface area contributed by atoms with Crippen LogP contribution in [0.3, 0.4) is 0 Å². The molecule has 0 saturated carbocycles. The van der Waals surface area contributed by atoms with Gasteiger partial charge in [0.15, 0.2) is 0 Å². The number of para-hydroxylation sites is 1. The second kappa shape index (κ2) is 6.76. The zero-order valence-corrected chi connectivity index (χ0v) is 10.2. The highest BCUT2D eigenvalue weighted by Crippen LogP contribution is 2.08. The number of aliphatic hydroxyl groups excluding tert-OH is 1. The molecule has 18 heavy (non-hydrogen) atoms. The molecule has 1 aromatic heterocycles. The summed E-state index contributed by atoms with van der Waals surface area (Å²) in [7, 11) is 0. The lowest BCUT2D eigenvalue weighted by atomic mass is 10.3. The topological polar surface area (TPSA) is 60.2 Å². The van der Waals surface area contributed by atoms with Gasteiger partial charge in [0.2, 0.25) is 0 Å². The number of benzene rings is 1. The Balaban J connectivity index is 1.68.